The maximum Gasteiger partial charge on any atom is 0.242 e. The van der Waals surface area contributed by atoms with Crippen LogP contribution in [0.1, 0.15) is 67.2 Å². The molecule has 0 saturated carbocycles. The van der Waals surface area contributed by atoms with Gasteiger partial charge in [0.1, 0.15) is 0 Å². The van der Waals surface area contributed by atoms with Gasteiger partial charge in [0.25, 0.3) is 0 Å². The number of nitrogens with one attached hydrogen (secondary N) is 1. The van der Waals surface area contributed by atoms with E-state index in [-0.39, 0.29) is 30.5 Å². The van der Waals surface area contributed by atoms with E-state index < -0.39 is 5.54 Å². The minimum atomic E-state index is -0.954. The maximum atomic E-state index is 12.9. The highest BCUT2D eigenvalue weighted by atomic mass is 16.5. The molecule has 0 bridgehead atoms. The predicted octanol–water partition coefficient (Wildman–Crippen LogP) is 2.31. The fourth-order valence-corrected chi connectivity index (χ4v) is 2.79. The van der Waals surface area contributed by atoms with E-state index in [2.05, 4.69) is 26.1 Å². The first-order chi connectivity index (χ1) is 11.7. The van der Waals surface area contributed by atoms with Crippen LogP contribution in [0, 0.1) is 5.92 Å². The van der Waals surface area contributed by atoms with E-state index in [0.29, 0.717) is 18.9 Å². The molecule has 6 nitrogen and oxygen atoms in total. The van der Waals surface area contributed by atoms with Crippen LogP contribution in [0.25, 0.3) is 0 Å². The SMILES string of the molecule is CCCCN(C(=O)CNC(=O)C(C)(N)CC)C(C(C)CC)C(C)OC. The summed E-state index contributed by atoms with van der Waals surface area (Å²) in [4.78, 5) is 26.9. The van der Waals surface area contributed by atoms with Gasteiger partial charge in [0.05, 0.1) is 24.2 Å². The average molecular weight is 358 g/mol. The van der Waals surface area contributed by atoms with E-state index in [9.17, 15) is 9.59 Å². The van der Waals surface area contributed by atoms with Crippen LogP contribution in [0.5, 0.6) is 0 Å². The minimum absolute atomic E-state index is 0.0126. The first-order valence-electron chi connectivity index (χ1n) is 9.55. The molecule has 0 spiro atoms. The molecule has 0 aliphatic carbocycles. The monoisotopic (exact) mass is 357 g/mol. The zero-order valence-electron chi connectivity index (χ0n) is 17.2. The number of rotatable bonds is 12. The number of ether oxygens (including phenoxy) is 1. The lowest BCUT2D eigenvalue weighted by molar-refractivity contribution is -0.139. The van der Waals surface area contributed by atoms with Crippen LogP contribution in [-0.4, -0.2) is 54.6 Å². The summed E-state index contributed by atoms with van der Waals surface area (Å²) < 4.78 is 5.54. The van der Waals surface area contributed by atoms with Gasteiger partial charge in [-0.25, -0.2) is 0 Å². The number of hydrogen-bond donors (Lipinski definition) is 2. The molecule has 148 valence electrons. The van der Waals surface area contributed by atoms with Gasteiger partial charge in [-0.15, -0.1) is 0 Å². The number of carbonyl (C=O) groups excluding carboxylic acids is 2. The molecule has 0 aliphatic heterocycles. The molecular weight excluding hydrogens is 318 g/mol. The Morgan fingerprint density at radius 2 is 1.84 bits per heavy atom. The van der Waals surface area contributed by atoms with Crippen molar-refractivity contribution < 1.29 is 14.3 Å². The zero-order chi connectivity index (χ0) is 19.6. The number of amides is 2. The number of nitrogens with two attached hydrogens (primary N) is 1. The Labute approximate surface area is 153 Å². The Bertz CT molecular complexity index is 403. The number of nitrogens with zero attached hydrogens (tertiary/aromatic N) is 1. The van der Waals surface area contributed by atoms with Gasteiger partial charge < -0.3 is 20.7 Å². The van der Waals surface area contributed by atoms with Gasteiger partial charge in [0.2, 0.25) is 11.8 Å². The summed E-state index contributed by atoms with van der Waals surface area (Å²) in [6, 6.07) is -0.0126. The van der Waals surface area contributed by atoms with E-state index in [0.717, 1.165) is 19.3 Å². The fraction of sp³-hybridized carbons (Fsp3) is 0.895. The first kappa shape index (κ1) is 23.9. The van der Waals surface area contributed by atoms with E-state index in [4.69, 9.17) is 10.5 Å². The minimum Gasteiger partial charge on any atom is -0.380 e. The molecule has 4 unspecified atom stereocenters. The van der Waals surface area contributed by atoms with E-state index in [1.165, 1.54) is 0 Å². The summed E-state index contributed by atoms with van der Waals surface area (Å²) in [6.45, 7) is 12.5. The van der Waals surface area contributed by atoms with Crippen LogP contribution < -0.4 is 11.1 Å². The van der Waals surface area contributed by atoms with Crippen LogP contribution in [0.2, 0.25) is 0 Å². The molecule has 25 heavy (non-hydrogen) atoms. The summed E-state index contributed by atoms with van der Waals surface area (Å²) in [5.74, 6) is -0.0663. The molecule has 0 aromatic heterocycles. The molecule has 4 atom stereocenters. The van der Waals surface area contributed by atoms with Gasteiger partial charge in [-0.2, -0.15) is 0 Å². The smallest absolute Gasteiger partial charge is 0.242 e. The molecular formula is C19H39N3O3. The molecule has 3 N–H and O–H groups in total. The van der Waals surface area contributed by atoms with Crippen molar-refractivity contribution in [2.75, 3.05) is 20.2 Å². The zero-order valence-corrected chi connectivity index (χ0v) is 17.2. The Morgan fingerprint density at radius 1 is 1.24 bits per heavy atom. The van der Waals surface area contributed by atoms with Crippen LogP contribution in [0.4, 0.5) is 0 Å². The highest BCUT2D eigenvalue weighted by Crippen LogP contribution is 2.21. The van der Waals surface area contributed by atoms with Crippen molar-refractivity contribution in [3.8, 4) is 0 Å². The van der Waals surface area contributed by atoms with Crippen molar-refractivity contribution in [2.45, 2.75) is 84.9 Å². The number of unbranched alkanes of at least 4 members (excludes halogenated alkanes) is 1. The Balaban J connectivity index is 5.21. The highest BCUT2D eigenvalue weighted by molar-refractivity contribution is 5.89. The topological polar surface area (TPSA) is 84.7 Å². The van der Waals surface area contributed by atoms with E-state index in [1.54, 1.807) is 14.0 Å². The third kappa shape index (κ3) is 7.32. The Kier molecular flexibility index (Phi) is 10.9. The molecule has 0 aromatic rings. The van der Waals surface area contributed by atoms with Crippen LogP contribution >= 0.6 is 0 Å². The molecule has 0 aliphatic rings. The lowest BCUT2D eigenvalue weighted by Gasteiger charge is -2.39. The third-order valence-corrected chi connectivity index (χ3v) is 5.17. The number of carbonyl (C=O) groups is 2. The number of methoxy groups -OCH3 is 1. The lowest BCUT2D eigenvalue weighted by Crippen LogP contribution is -2.56. The fourth-order valence-electron chi connectivity index (χ4n) is 2.79. The maximum absolute atomic E-state index is 12.9. The van der Waals surface area contributed by atoms with Crippen molar-refractivity contribution in [3.05, 3.63) is 0 Å². The van der Waals surface area contributed by atoms with E-state index in [1.807, 2.05) is 18.7 Å². The van der Waals surface area contributed by atoms with Gasteiger partial charge in [0.15, 0.2) is 0 Å². The van der Waals surface area contributed by atoms with Gasteiger partial charge in [-0.1, -0.05) is 40.5 Å². The van der Waals surface area contributed by atoms with Crippen molar-refractivity contribution in [3.63, 3.8) is 0 Å². The number of hydrogen-bond acceptors (Lipinski definition) is 4. The lowest BCUT2D eigenvalue weighted by atomic mass is 9.92. The van der Waals surface area contributed by atoms with Gasteiger partial charge in [-0.3, -0.25) is 9.59 Å². The summed E-state index contributed by atoms with van der Waals surface area (Å²) in [7, 11) is 1.67. The van der Waals surface area contributed by atoms with Crippen molar-refractivity contribution in [2.24, 2.45) is 11.7 Å². The largest absolute Gasteiger partial charge is 0.380 e. The molecule has 0 aromatic carbocycles. The first-order valence-corrected chi connectivity index (χ1v) is 9.55. The quantitative estimate of drug-likeness (QED) is 0.561. The third-order valence-electron chi connectivity index (χ3n) is 5.17. The predicted molar refractivity (Wildman–Crippen MR) is 102 cm³/mol. The highest BCUT2D eigenvalue weighted by Gasteiger charge is 2.33. The molecule has 6 heteroatoms. The summed E-state index contributed by atoms with van der Waals surface area (Å²) in [5, 5.41) is 2.70. The molecule has 0 rings (SSSR count). The van der Waals surface area contributed by atoms with Crippen molar-refractivity contribution in [1.82, 2.24) is 10.2 Å². The molecule has 0 fully saturated rings. The van der Waals surface area contributed by atoms with Crippen molar-refractivity contribution >= 4 is 11.8 Å². The van der Waals surface area contributed by atoms with Crippen LogP contribution in [0.3, 0.4) is 0 Å². The average Bonchev–Trinajstić information content (AvgIpc) is 2.61. The molecule has 0 saturated heterocycles. The molecule has 0 heterocycles. The summed E-state index contributed by atoms with van der Waals surface area (Å²) in [6.07, 6.45) is 3.33. The normalized spacial score (nSPS) is 17.3. The van der Waals surface area contributed by atoms with Crippen LogP contribution in [0.15, 0.2) is 0 Å². The molecule has 2 amide bonds. The van der Waals surface area contributed by atoms with Crippen molar-refractivity contribution in [1.29, 1.82) is 0 Å². The van der Waals surface area contributed by atoms with Gasteiger partial charge in [0, 0.05) is 13.7 Å². The van der Waals surface area contributed by atoms with Gasteiger partial charge in [-0.05, 0) is 32.6 Å². The second kappa shape index (κ2) is 11.5. The summed E-state index contributed by atoms with van der Waals surface area (Å²) >= 11 is 0. The second-order valence-corrected chi connectivity index (χ2v) is 7.21. The second-order valence-electron chi connectivity index (χ2n) is 7.21. The summed E-state index contributed by atoms with van der Waals surface area (Å²) in [5.41, 5.74) is 4.99. The van der Waals surface area contributed by atoms with Gasteiger partial charge >= 0.3 is 0 Å². The van der Waals surface area contributed by atoms with Crippen LogP contribution in [-0.2, 0) is 14.3 Å². The standard InChI is InChI=1S/C19H39N3O3/c1-8-11-12-22(17(14(4)9-2)15(5)25-7)16(23)13-21-18(24)19(6,20)10-3/h14-15,17H,8-13,20H2,1-7H3,(H,21,24). The Hall–Kier alpha value is -1.14. The molecule has 0 radical (unpaired) electrons. The van der Waals surface area contributed by atoms with E-state index >= 15 is 0 Å². The Morgan fingerprint density at radius 3 is 2.28 bits per heavy atom.